The first-order chi connectivity index (χ1) is 13.6. The fraction of sp³-hybridized carbons (Fsp3) is 0.273. The first-order valence-corrected chi connectivity index (χ1v) is 9.14. The molecule has 0 bridgehead atoms. The van der Waals surface area contributed by atoms with Crippen LogP contribution in [0.5, 0.6) is 0 Å². The molecule has 0 heterocycles. The highest BCUT2D eigenvalue weighted by Crippen LogP contribution is 2.14. The van der Waals surface area contributed by atoms with Gasteiger partial charge in [0.1, 0.15) is 5.60 Å². The van der Waals surface area contributed by atoms with Crippen molar-refractivity contribution in [3.8, 4) is 0 Å². The van der Waals surface area contributed by atoms with Gasteiger partial charge in [-0.2, -0.15) is 0 Å². The summed E-state index contributed by atoms with van der Waals surface area (Å²) in [5.74, 6) is -0.307. The summed E-state index contributed by atoms with van der Waals surface area (Å²) in [7, 11) is 0. The van der Waals surface area contributed by atoms with Gasteiger partial charge in [0.25, 0.3) is 5.69 Å². The van der Waals surface area contributed by atoms with E-state index in [9.17, 15) is 19.7 Å². The summed E-state index contributed by atoms with van der Waals surface area (Å²) >= 11 is 0. The van der Waals surface area contributed by atoms with Gasteiger partial charge in [-0.1, -0.05) is 36.4 Å². The van der Waals surface area contributed by atoms with Crippen LogP contribution >= 0.6 is 0 Å². The summed E-state index contributed by atoms with van der Waals surface area (Å²) in [6, 6.07) is 14.4. The Hall–Kier alpha value is -3.48. The molecule has 2 rings (SSSR count). The molecule has 7 heteroatoms. The molecule has 1 amide bonds. The topological polar surface area (TPSA) is 98.5 Å². The molecule has 29 heavy (non-hydrogen) atoms. The standard InChI is InChI=1S/C22H24N2O5/c1-22(2,3)29-21(26)23-19(15-17-7-5-4-6-8-17)20(25)14-11-16-9-12-18(13-10-16)24(27)28/h4-14,19H,15H2,1-3H3,(H,23,26)/b14-11+/t19-/m0/s1. The Morgan fingerprint density at radius 2 is 1.72 bits per heavy atom. The Bertz CT molecular complexity index is 884. The minimum absolute atomic E-state index is 0.0259. The molecule has 0 aromatic heterocycles. The predicted molar refractivity (Wildman–Crippen MR) is 110 cm³/mol. The zero-order valence-corrected chi connectivity index (χ0v) is 16.6. The molecule has 1 N–H and O–H groups in total. The molecule has 0 aliphatic rings. The van der Waals surface area contributed by atoms with E-state index in [-0.39, 0.29) is 11.5 Å². The number of benzene rings is 2. The van der Waals surface area contributed by atoms with Crippen LogP contribution in [-0.2, 0) is 16.0 Å². The number of nitrogens with one attached hydrogen (secondary N) is 1. The molecule has 1 atom stereocenters. The van der Waals surface area contributed by atoms with Crippen molar-refractivity contribution >= 4 is 23.6 Å². The van der Waals surface area contributed by atoms with E-state index in [2.05, 4.69) is 5.32 Å². The fourth-order valence-electron chi connectivity index (χ4n) is 2.52. The number of carbonyl (C=O) groups is 2. The number of rotatable bonds is 7. The third kappa shape index (κ3) is 7.57. The molecule has 0 spiro atoms. The number of amides is 1. The Balaban J connectivity index is 2.14. The average Bonchev–Trinajstić information content (AvgIpc) is 2.65. The van der Waals surface area contributed by atoms with Crippen LogP contribution in [0.1, 0.15) is 31.9 Å². The maximum atomic E-state index is 12.7. The Kier molecular flexibility index (Phi) is 7.25. The number of non-ortho nitro benzene ring substituents is 1. The fourth-order valence-corrected chi connectivity index (χ4v) is 2.52. The third-order valence-electron chi connectivity index (χ3n) is 3.86. The van der Waals surface area contributed by atoms with Crippen LogP contribution in [0.4, 0.5) is 10.5 Å². The zero-order valence-electron chi connectivity index (χ0n) is 16.6. The van der Waals surface area contributed by atoms with Crippen molar-refractivity contribution in [3.05, 3.63) is 81.9 Å². The summed E-state index contributed by atoms with van der Waals surface area (Å²) < 4.78 is 5.26. The van der Waals surface area contributed by atoms with Gasteiger partial charge in [0.15, 0.2) is 5.78 Å². The normalized spacial score (nSPS) is 12.4. The van der Waals surface area contributed by atoms with Crippen molar-refractivity contribution in [2.45, 2.75) is 38.8 Å². The summed E-state index contributed by atoms with van der Waals surface area (Å²) in [5.41, 5.74) is 0.825. The van der Waals surface area contributed by atoms with Crippen LogP contribution in [-0.4, -0.2) is 28.4 Å². The lowest BCUT2D eigenvalue weighted by Gasteiger charge is -2.22. The van der Waals surface area contributed by atoms with Gasteiger partial charge in [-0.25, -0.2) is 4.79 Å². The molecule has 152 valence electrons. The molecule has 7 nitrogen and oxygen atoms in total. The van der Waals surface area contributed by atoms with Crippen molar-refractivity contribution in [2.24, 2.45) is 0 Å². The molecule has 0 radical (unpaired) electrons. The maximum Gasteiger partial charge on any atom is 0.408 e. The molecule has 0 saturated carbocycles. The van der Waals surface area contributed by atoms with Crippen molar-refractivity contribution in [2.75, 3.05) is 0 Å². The number of alkyl carbamates (subject to hydrolysis) is 1. The van der Waals surface area contributed by atoms with Gasteiger partial charge >= 0.3 is 6.09 Å². The Labute approximate surface area is 169 Å². The van der Waals surface area contributed by atoms with Gasteiger partial charge in [0.2, 0.25) is 0 Å². The van der Waals surface area contributed by atoms with Crippen molar-refractivity contribution < 1.29 is 19.2 Å². The maximum absolute atomic E-state index is 12.7. The molecule has 0 aliphatic heterocycles. The second-order valence-corrected chi connectivity index (χ2v) is 7.47. The minimum atomic E-state index is -0.804. The number of carbonyl (C=O) groups excluding carboxylic acids is 2. The van der Waals surface area contributed by atoms with Crippen LogP contribution in [0.3, 0.4) is 0 Å². The number of ether oxygens (including phenoxy) is 1. The van der Waals surface area contributed by atoms with Crippen LogP contribution in [0.2, 0.25) is 0 Å². The largest absolute Gasteiger partial charge is 0.444 e. The third-order valence-corrected chi connectivity index (χ3v) is 3.86. The highest BCUT2D eigenvalue weighted by atomic mass is 16.6. The summed E-state index contributed by atoms with van der Waals surface area (Å²) in [6.45, 7) is 5.24. The van der Waals surface area contributed by atoms with E-state index in [1.165, 1.54) is 18.2 Å². The van der Waals surface area contributed by atoms with E-state index in [0.717, 1.165) is 5.56 Å². The lowest BCUT2D eigenvalue weighted by Crippen LogP contribution is -2.44. The number of ketones is 1. The smallest absolute Gasteiger partial charge is 0.408 e. The van der Waals surface area contributed by atoms with Gasteiger partial charge < -0.3 is 10.1 Å². The van der Waals surface area contributed by atoms with Crippen LogP contribution in [0.25, 0.3) is 6.08 Å². The second-order valence-electron chi connectivity index (χ2n) is 7.47. The SMILES string of the molecule is CC(C)(C)OC(=O)N[C@@H](Cc1ccccc1)C(=O)/C=C/c1ccc([N+](=O)[O-])cc1. The Morgan fingerprint density at radius 1 is 1.10 bits per heavy atom. The number of hydrogen-bond acceptors (Lipinski definition) is 5. The highest BCUT2D eigenvalue weighted by molar-refractivity contribution is 5.99. The van der Waals surface area contributed by atoms with E-state index in [4.69, 9.17) is 4.74 Å². The number of nitro groups is 1. The van der Waals surface area contributed by atoms with E-state index < -0.39 is 22.7 Å². The predicted octanol–water partition coefficient (Wildman–Crippen LogP) is 4.31. The quantitative estimate of drug-likeness (QED) is 0.427. The van der Waals surface area contributed by atoms with Gasteiger partial charge in [-0.15, -0.1) is 0 Å². The van der Waals surface area contributed by atoms with E-state index >= 15 is 0 Å². The second kappa shape index (κ2) is 9.64. The first kappa shape index (κ1) is 21.8. The lowest BCUT2D eigenvalue weighted by molar-refractivity contribution is -0.384. The van der Waals surface area contributed by atoms with Crippen molar-refractivity contribution in [1.82, 2.24) is 5.32 Å². The Morgan fingerprint density at radius 3 is 2.28 bits per heavy atom. The lowest BCUT2D eigenvalue weighted by atomic mass is 10.0. The molecule has 2 aromatic carbocycles. The number of nitrogens with zero attached hydrogens (tertiary/aromatic N) is 1. The first-order valence-electron chi connectivity index (χ1n) is 9.14. The van der Waals surface area contributed by atoms with Crippen LogP contribution in [0, 0.1) is 10.1 Å². The molecule has 2 aromatic rings. The monoisotopic (exact) mass is 396 g/mol. The van der Waals surface area contributed by atoms with Crippen molar-refractivity contribution in [3.63, 3.8) is 0 Å². The van der Waals surface area contributed by atoms with Gasteiger partial charge in [0, 0.05) is 18.6 Å². The van der Waals surface area contributed by atoms with Crippen LogP contribution < -0.4 is 5.32 Å². The van der Waals surface area contributed by atoms with E-state index in [1.807, 2.05) is 30.3 Å². The molecule has 0 saturated heterocycles. The van der Waals surface area contributed by atoms with Crippen LogP contribution in [0.15, 0.2) is 60.7 Å². The zero-order chi connectivity index (χ0) is 21.4. The summed E-state index contributed by atoms with van der Waals surface area (Å²) in [4.78, 5) is 35.1. The molecular formula is C22H24N2O5. The van der Waals surface area contributed by atoms with Gasteiger partial charge in [0.05, 0.1) is 11.0 Å². The van der Waals surface area contributed by atoms with E-state index in [1.54, 1.807) is 39.0 Å². The molecule has 0 unspecified atom stereocenters. The van der Waals surface area contributed by atoms with E-state index in [0.29, 0.717) is 12.0 Å². The van der Waals surface area contributed by atoms with Gasteiger partial charge in [-0.3, -0.25) is 14.9 Å². The van der Waals surface area contributed by atoms with Crippen molar-refractivity contribution in [1.29, 1.82) is 0 Å². The molecule has 0 aliphatic carbocycles. The molecule has 0 fully saturated rings. The number of nitro benzene ring substituents is 1. The summed E-state index contributed by atoms with van der Waals surface area (Å²) in [5, 5.41) is 13.4. The summed E-state index contributed by atoms with van der Waals surface area (Å²) in [6.07, 6.45) is 2.55. The van der Waals surface area contributed by atoms with Gasteiger partial charge in [-0.05, 0) is 50.1 Å². The average molecular weight is 396 g/mol. The number of hydrogen-bond donors (Lipinski definition) is 1. The minimum Gasteiger partial charge on any atom is -0.444 e. The molecular weight excluding hydrogens is 372 g/mol. The highest BCUT2D eigenvalue weighted by Gasteiger charge is 2.23.